The molecule has 1 heterocycles. The maximum absolute atomic E-state index is 11.7. The first-order valence-corrected chi connectivity index (χ1v) is 9.89. The van der Waals surface area contributed by atoms with Gasteiger partial charge in [0.1, 0.15) is 5.82 Å². The maximum Gasteiger partial charge on any atom is 0.337 e. The zero-order valence-corrected chi connectivity index (χ0v) is 16.5. The van der Waals surface area contributed by atoms with Gasteiger partial charge in [0.25, 0.3) is 0 Å². The lowest BCUT2D eigenvalue weighted by Crippen LogP contribution is -2.34. The Morgan fingerprint density at radius 2 is 1.81 bits per heavy atom. The number of hydrogen-bond acceptors (Lipinski definition) is 4. The molecule has 3 aliphatic carbocycles. The molecule has 2 bridgehead atoms. The number of nitrogens with zero attached hydrogens (tertiary/aromatic N) is 2. The molecule has 0 unspecified atom stereocenters. The van der Waals surface area contributed by atoms with Gasteiger partial charge in [0.2, 0.25) is 0 Å². The summed E-state index contributed by atoms with van der Waals surface area (Å²) in [6.07, 6.45) is 10.7. The summed E-state index contributed by atoms with van der Waals surface area (Å²) in [6.45, 7) is 6.44. The Balaban J connectivity index is 0.000000948. The van der Waals surface area contributed by atoms with Crippen molar-refractivity contribution in [3.63, 3.8) is 0 Å². The van der Waals surface area contributed by atoms with E-state index >= 15 is 0 Å². The first-order chi connectivity index (χ1) is 12.5. The molecule has 1 aromatic carbocycles. The van der Waals surface area contributed by atoms with Gasteiger partial charge in [-0.2, -0.15) is 0 Å². The Labute approximate surface area is 156 Å². The summed E-state index contributed by atoms with van der Waals surface area (Å²) in [4.78, 5) is 21.3. The van der Waals surface area contributed by atoms with E-state index in [-0.39, 0.29) is 11.4 Å². The highest BCUT2D eigenvalue weighted by molar-refractivity contribution is 5.94. The van der Waals surface area contributed by atoms with Gasteiger partial charge in [0.05, 0.1) is 18.2 Å². The van der Waals surface area contributed by atoms with Crippen LogP contribution in [-0.2, 0) is 10.2 Å². The van der Waals surface area contributed by atoms with Crippen LogP contribution < -0.4 is 0 Å². The monoisotopic (exact) mass is 354 g/mol. The topological polar surface area (TPSA) is 52.1 Å². The zero-order chi connectivity index (χ0) is 18.8. The summed E-state index contributed by atoms with van der Waals surface area (Å²) in [5.41, 5.74) is 2.15. The molecule has 0 amide bonds. The van der Waals surface area contributed by atoms with Crippen molar-refractivity contribution >= 4 is 16.9 Å². The number of hydrogen-bond donors (Lipinski definition) is 0. The number of esters is 1. The third kappa shape index (κ3) is 3.34. The van der Waals surface area contributed by atoms with Gasteiger partial charge in [-0.25, -0.2) is 14.8 Å². The van der Waals surface area contributed by atoms with E-state index in [0.717, 1.165) is 16.7 Å². The highest BCUT2D eigenvalue weighted by atomic mass is 16.5. The number of ether oxygens (including phenoxy) is 1. The number of rotatable bonds is 2. The number of carbonyl (C=O) groups is 1. The van der Waals surface area contributed by atoms with Gasteiger partial charge in [-0.1, -0.05) is 27.2 Å². The van der Waals surface area contributed by atoms with E-state index in [9.17, 15) is 4.79 Å². The summed E-state index contributed by atoms with van der Waals surface area (Å²) in [6, 6.07) is 5.51. The van der Waals surface area contributed by atoms with Crippen LogP contribution in [-0.4, -0.2) is 23.0 Å². The number of fused-ring (bicyclic) bond motifs is 5. The molecular formula is C22H30N2O2. The van der Waals surface area contributed by atoms with Crippen molar-refractivity contribution in [1.82, 2.24) is 9.97 Å². The summed E-state index contributed by atoms with van der Waals surface area (Å²) >= 11 is 0. The number of methoxy groups -OCH3 is 1. The minimum Gasteiger partial charge on any atom is -0.465 e. The van der Waals surface area contributed by atoms with Crippen molar-refractivity contribution in [3.05, 3.63) is 35.8 Å². The average Bonchev–Trinajstić information content (AvgIpc) is 2.97. The van der Waals surface area contributed by atoms with E-state index in [1.54, 1.807) is 6.07 Å². The quantitative estimate of drug-likeness (QED) is 0.673. The van der Waals surface area contributed by atoms with Crippen LogP contribution >= 0.6 is 0 Å². The van der Waals surface area contributed by atoms with Gasteiger partial charge < -0.3 is 4.74 Å². The van der Waals surface area contributed by atoms with Crippen molar-refractivity contribution in [2.75, 3.05) is 7.11 Å². The highest BCUT2D eigenvalue weighted by Gasteiger charge is 2.45. The van der Waals surface area contributed by atoms with Gasteiger partial charge >= 0.3 is 5.97 Å². The predicted octanol–water partition coefficient (Wildman–Crippen LogP) is 5.44. The molecule has 0 radical (unpaired) electrons. The molecule has 3 fully saturated rings. The summed E-state index contributed by atoms with van der Waals surface area (Å²) < 4.78 is 4.79. The van der Waals surface area contributed by atoms with Crippen molar-refractivity contribution in [2.24, 2.45) is 5.41 Å². The van der Waals surface area contributed by atoms with Gasteiger partial charge in [-0.15, -0.1) is 0 Å². The Morgan fingerprint density at radius 3 is 2.50 bits per heavy atom. The molecule has 0 N–H and O–H groups in total. The summed E-state index contributed by atoms with van der Waals surface area (Å²) in [5.74, 6) is 0.680. The van der Waals surface area contributed by atoms with Crippen LogP contribution in [0.4, 0.5) is 0 Å². The van der Waals surface area contributed by atoms with Crippen LogP contribution in [0.2, 0.25) is 0 Å². The average molecular weight is 354 g/mol. The second-order valence-corrected chi connectivity index (χ2v) is 7.90. The lowest BCUT2D eigenvalue weighted by atomic mass is 9.65. The Kier molecular flexibility index (Phi) is 5.31. The SMILES string of the molecule is CC.COC(=O)c1ccc2nc(C34CCCC(C)(CC3)CC4)ncc2c1. The summed E-state index contributed by atoms with van der Waals surface area (Å²) in [5, 5.41) is 0.896. The zero-order valence-electron chi connectivity index (χ0n) is 16.5. The molecule has 26 heavy (non-hydrogen) atoms. The van der Waals surface area contributed by atoms with Crippen LogP contribution in [0, 0.1) is 5.41 Å². The largest absolute Gasteiger partial charge is 0.465 e. The number of aromatic nitrogens is 2. The first kappa shape index (κ1) is 18.8. The Bertz CT molecular complexity index is 792. The number of benzene rings is 1. The van der Waals surface area contributed by atoms with Gasteiger partial charge in [0, 0.05) is 17.0 Å². The van der Waals surface area contributed by atoms with Gasteiger partial charge in [0.15, 0.2) is 0 Å². The predicted molar refractivity (Wildman–Crippen MR) is 104 cm³/mol. The molecule has 0 saturated heterocycles. The second kappa shape index (κ2) is 7.34. The van der Waals surface area contributed by atoms with E-state index in [1.807, 2.05) is 32.2 Å². The fraction of sp³-hybridized carbons (Fsp3) is 0.591. The van der Waals surface area contributed by atoms with Crippen LogP contribution in [0.5, 0.6) is 0 Å². The Morgan fingerprint density at radius 1 is 1.08 bits per heavy atom. The molecule has 5 rings (SSSR count). The molecule has 4 nitrogen and oxygen atoms in total. The molecule has 0 spiro atoms. The van der Waals surface area contributed by atoms with E-state index in [0.29, 0.717) is 11.0 Å². The molecule has 140 valence electrons. The van der Waals surface area contributed by atoms with E-state index in [4.69, 9.17) is 14.7 Å². The van der Waals surface area contributed by atoms with Crippen LogP contribution in [0.15, 0.2) is 24.4 Å². The van der Waals surface area contributed by atoms with E-state index < -0.39 is 0 Å². The van der Waals surface area contributed by atoms with Crippen molar-refractivity contribution < 1.29 is 9.53 Å². The molecule has 2 aromatic rings. The molecule has 4 heteroatoms. The molecule has 0 atom stereocenters. The minimum absolute atomic E-state index is 0.158. The third-order valence-corrected chi connectivity index (χ3v) is 6.33. The van der Waals surface area contributed by atoms with Crippen molar-refractivity contribution in [3.8, 4) is 0 Å². The molecule has 3 saturated carbocycles. The van der Waals surface area contributed by atoms with Gasteiger partial charge in [-0.05, 0) is 62.1 Å². The minimum atomic E-state index is -0.324. The van der Waals surface area contributed by atoms with Gasteiger partial charge in [-0.3, -0.25) is 0 Å². The smallest absolute Gasteiger partial charge is 0.337 e. The van der Waals surface area contributed by atoms with Crippen LogP contribution in [0.1, 0.15) is 81.9 Å². The van der Waals surface area contributed by atoms with Crippen LogP contribution in [0.25, 0.3) is 10.9 Å². The molecular weight excluding hydrogens is 324 g/mol. The van der Waals surface area contributed by atoms with Crippen LogP contribution in [0.3, 0.4) is 0 Å². The third-order valence-electron chi connectivity index (χ3n) is 6.33. The molecule has 3 aliphatic rings. The Hall–Kier alpha value is -1.97. The highest BCUT2D eigenvalue weighted by Crippen LogP contribution is 2.54. The maximum atomic E-state index is 11.7. The van der Waals surface area contributed by atoms with Crippen molar-refractivity contribution in [1.29, 1.82) is 0 Å². The second-order valence-electron chi connectivity index (χ2n) is 7.90. The lowest BCUT2D eigenvalue weighted by Gasteiger charge is -2.40. The normalized spacial score (nSPS) is 27.4. The number of carbonyl (C=O) groups excluding carboxylic acids is 1. The fourth-order valence-electron chi connectivity index (χ4n) is 4.55. The fourth-order valence-corrected chi connectivity index (χ4v) is 4.55. The van der Waals surface area contributed by atoms with E-state index in [1.165, 1.54) is 52.1 Å². The lowest BCUT2D eigenvalue weighted by molar-refractivity contribution is 0.0601. The summed E-state index contributed by atoms with van der Waals surface area (Å²) in [7, 11) is 1.40. The first-order valence-electron chi connectivity index (χ1n) is 9.89. The molecule has 0 aliphatic heterocycles. The van der Waals surface area contributed by atoms with Crippen molar-refractivity contribution in [2.45, 2.75) is 71.1 Å². The molecule has 1 aromatic heterocycles. The van der Waals surface area contributed by atoms with E-state index in [2.05, 4.69) is 6.92 Å². The standard InChI is InChI=1S/C20H24N2O2.C2H6/c1-19-6-3-7-20(10-8-19,11-9-19)18-21-13-15-12-14(17(23)24-2)4-5-16(15)22-18;1-2/h4-5,12-13H,3,6-11H2,1-2H3;1-2H3.